The van der Waals surface area contributed by atoms with Crippen molar-refractivity contribution in [2.24, 2.45) is 4.99 Å². The Morgan fingerprint density at radius 1 is 1.03 bits per heavy atom. The fourth-order valence-electron chi connectivity index (χ4n) is 2.79. The van der Waals surface area contributed by atoms with Crippen molar-refractivity contribution in [1.82, 2.24) is 10.6 Å². The predicted octanol–water partition coefficient (Wildman–Crippen LogP) is 3.57. The van der Waals surface area contributed by atoms with Gasteiger partial charge in [-0.2, -0.15) is 0 Å². The molecule has 0 aliphatic carbocycles. The number of methoxy groups -OCH3 is 2. The van der Waals surface area contributed by atoms with Crippen LogP contribution in [0.15, 0.2) is 60.1 Å². The maximum Gasteiger partial charge on any atom is 0.191 e. The summed E-state index contributed by atoms with van der Waals surface area (Å²) in [5, 5.41) is 6.66. The zero-order chi connectivity index (χ0) is 20.9. The van der Waals surface area contributed by atoms with Gasteiger partial charge in [-0.05, 0) is 37.1 Å². The molecule has 2 rings (SSSR count). The molecule has 0 radical (unpaired) electrons. The van der Waals surface area contributed by atoms with Gasteiger partial charge in [0.2, 0.25) is 0 Å². The lowest BCUT2D eigenvalue weighted by Gasteiger charge is -2.13. The molecule has 0 saturated carbocycles. The van der Waals surface area contributed by atoms with Crippen molar-refractivity contribution in [3.8, 4) is 17.2 Å². The van der Waals surface area contributed by atoms with Crippen molar-refractivity contribution in [3.05, 3.63) is 66.2 Å². The van der Waals surface area contributed by atoms with Gasteiger partial charge >= 0.3 is 0 Å². The molecule has 29 heavy (non-hydrogen) atoms. The van der Waals surface area contributed by atoms with E-state index >= 15 is 0 Å². The van der Waals surface area contributed by atoms with Crippen LogP contribution in [0, 0.1) is 0 Å². The number of nitrogens with one attached hydrogen (secondary N) is 2. The maximum absolute atomic E-state index is 5.71. The number of rotatable bonds is 11. The van der Waals surface area contributed by atoms with Crippen LogP contribution in [0.1, 0.15) is 18.1 Å². The zero-order valence-electron chi connectivity index (χ0n) is 17.5. The quantitative estimate of drug-likeness (QED) is 0.345. The molecule has 6 nitrogen and oxygen atoms in total. The molecule has 0 aliphatic rings. The third kappa shape index (κ3) is 7.07. The Labute approximate surface area is 173 Å². The number of para-hydroxylation sites is 1. The molecule has 156 valence electrons. The number of hydrogen-bond acceptors (Lipinski definition) is 4. The molecule has 0 spiro atoms. The van der Waals surface area contributed by atoms with E-state index < -0.39 is 0 Å². The van der Waals surface area contributed by atoms with E-state index in [0.29, 0.717) is 13.2 Å². The Balaban J connectivity index is 1.97. The fraction of sp³-hybridized carbons (Fsp3) is 0.348. The fourth-order valence-corrected chi connectivity index (χ4v) is 2.79. The first-order valence-electron chi connectivity index (χ1n) is 9.76. The Hall–Kier alpha value is -3.15. The first-order valence-corrected chi connectivity index (χ1v) is 9.76. The van der Waals surface area contributed by atoms with E-state index in [0.717, 1.165) is 53.8 Å². The smallest absolute Gasteiger partial charge is 0.191 e. The van der Waals surface area contributed by atoms with Crippen LogP contribution in [-0.2, 0) is 13.0 Å². The van der Waals surface area contributed by atoms with Gasteiger partial charge in [0, 0.05) is 18.7 Å². The van der Waals surface area contributed by atoms with E-state index in [1.54, 1.807) is 20.3 Å². The van der Waals surface area contributed by atoms with Crippen molar-refractivity contribution >= 4 is 5.96 Å². The number of nitrogens with zero attached hydrogens (tertiary/aromatic N) is 1. The molecule has 2 N–H and O–H groups in total. The molecular formula is C23H31N3O3. The first-order chi connectivity index (χ1) is 14.2. The van der Waals surface area contributed by atoms with Crippen molar-refractivity contribution in [1.29, 1.82) is 0 Å². The highest BCUT2D eigenvalue weighted by Crippen LogP contribution is 2.27. The lowest BCUT2D eigenvalue weighted by atomic mass is 10.1. The minimum atomic E-state index is 0.477. The Kier molecular flexibility index (Phi) is 9.42. The van der Waals surface area contributed by atoms with Gasteiger partial charge in [0.15, 0.2) is 17.5 Å². The lowest BCUT2D eigenvalue weighted by Crippen LogP contribution is -2.38. The molecule has 0 aliphatic heterocycles. The molecule has 0 amide bonds. The van der Waals surface area contributed by atoms with Crippen LogP contribution in [0.5, 0.6) is 17.2 Å². The highest BCUT2D eigenvalue weighted by molar-refractivity contribution is 5.79. The van der Waals surface area contributed by atoms with Crippen molar-refractivity contribution in [2.45, 2.75) is 19.9 Å². The molecule has 0 unspecified atom stereocenters. The number of benzene rings is 2. The largest absolute Gasteiger partial charge is 0.493 e. The van der Waals surface area contributed by atoms with Gasteiger partial charge < -0.3 is 24.8 Å². The summed E-state index contributed by atoms with van der Waals surface area (Å²) in [6.45, 7) is 8.28. The van der Waals surface area contributed by atoms with Crippen LogP contribution >= 0.6 is 0 Å². The normalized spacial score (nSPS) is 10.9. The third-order valence-corrected chi connectivity index (χ3v) is 4.24. The molecule has 0 saturated heterocycles. The van der Waals surface area contributed by atoms with Gasteiger partial charge in [-0.3, -0.25) is 0 Å². The van der Waals surface area contributed by atoms with E-state index in [9.17, 15) is 0 Å². The molecule has 0 fully saturated rings. The summed E-state index contributed by atoms with van der Waals surface area (Å²) in [7, 11) is 3.28. The van der Waals surface area contributed by atoms with Crippen LogP contribution in [0.2, 0.25) is 0 Å². The average molecular weight is 398 g/mol. The second-order valence-corrected chi connectivity index (χ2v) is 6.27. The Morgan fingerprint density at radius 3 is 2.55 bits per heavy atom. The van der Waals surface area contributed by atoms with Crippen molar-refractivity contribution in [2.75, 3.05) is 33.9 Å². The van der Waals surface area contributed by atoms with Crippen molar-refractivity contribution < 1.29 is 14.2 Å². The minimum absolute atomic E-state index is 0.477. The standard InChI is InChI=1S/C23H31N3O3/c1-5-15-29-20-10-8-7-9-19(20)17-26-23(24-6-2)25-14-13-18-11-12-21(27-3)22(16-18)28-4/h5,7-12,16H,1,6,13-15,17H2,2-4H3,(H2,24,25,26). The van der Waals surface area contributed by atoms with Crippen LogP contribution in [0.4, 0.5) is 0 Å². The Bertz CT molecular complexity index is 806. The summed E-state index contributed by atoms with van der Waals surface area (Å²) < 4.78 is 16.4. The van der Waals surface area contributed by atoms with Gasteiger partial charge in [-0.15, -0.1) is 0 Å². The topological polar surface area (TPSA) is 64.1 Å². The average Bonchev–Trinajstić information content (AvgIpc) is 2.76. The van der Waals surface area contributed by atoms with Gasteiger partial charge in [0.05, 0.1) is 20.8 Å². The monoisotopic (exact) mass is 397 g/mol. The second-order valence-electron chi connectivity index (χ2n) is 6.27. The zero-order valence-corrected chi connectivity index (χ0v) is 17.5. The van der Waals surface area contributed by atoms with Gasteiger partial charge in [-0.1, -0.05) is 36.9 Å². The molecule has 0 atom stereocenters. The van der Waals surface area contributed by atoms with Crippen LogP contribution < -0.4 is 24.8 Å². The van der Waals surface area contributed by atoms with E-state index in [-0.39, 0.29) is 0 Å². The van der Waals surface area contributed by atoms with Gasteiger partial charge in [0.1, 0.15) is 12.4 Å². The van der Waals surface area contributed by atoms with E-state index in [2.05, 4.69) is 22.2 Å². The lowest BCUT2D eigenvalue weighted by molar-refractivity contribution is 0.354. The van der Waals surface area contributed by atoms with Crippen LogP contribution in [0.3, 0.4) is 0 Å². The number of guanidine groups is 1. The summed E-state index contributed by atoms with van der Waals surface area (Å²) in [6.07, 6.45) is 2.57. The molecular weight excluding hydrogens is 366 g/mol. The van der Waals surface area contributed by atoms with E-state index in [1.165, 1.54) is 0 Å². The molecule has 0 bridgehead atoms. The summed E-state index contributed by atoms with van der Waals surface area (Å²) in [4.78, 5) is 4.69. The van der Waals surface area contributed by atoms with Crippen LogP contribution in [-0.4, -0.2) is 39.9 Å². The SMILES string of the molecule is C=CCOc1ccccc1CN=C(NCC)NCCc1ccc(OC)c(OC)c1. The molecule has 6 heteroatoms. The summed E-state index contributed by atoms with van der Waals surface area (Å²) in [6, 6.07) is 13.9. The third-order valence-electron chi connectivity index (χ3n) is 4.24. The number of ether oxygens (including phenoxy) is 3. The summed E-state index contributed by atoms with van der Waals surface area (Å²) in [5.41, 5.74) is 2.20. The Morgan fingerprint density at radius 2 is 1.83 bits per heavy atom. The van der Waals surface area contributed by atoms with Gasteiger partial charge in [-0.25, -0.2) is 4.99 Å². The molecule has 2 aromatic carbocycles. The summed E-state index contributed by atoms with van der Waals surface area (Å²) >= 11 is 0. The molecule has 2 aromatic rings. The minimum Gasteiger partial charge on any atom is -0.493 e. The van der Waals surface area contributed by atoms with E-state index in [4.69, 9.17) is 14.2 Å². The summed E-state index contributed by atoms with van der Waals surface area (Å²) in [5.74, 6) is 3.07. The number of hydrogen-bond donors (Lipinski definition) is 2. The highest BCUT2D eigenvalue weighted by Gasteiger charge is 2.06. The maximum atomic E-state index is 5.71. The molecule has 0 aromatic heterocycles. The van der Waals surface area contributed by atoms with E-state index in [1.807, 2.05) is 49.4 Å². The predicted molar refractivity (Wildman–Crippen MR) is 118 cm³/mol. The highest BCUT2D eigenvalue weighted by atomic mass is 16.5. The first kappa shape index (κ1) is 22.1. The second kappa shape index (κ2) is 12.3. The van der Waals surface area contributed by atoms with Crippen molar-refractivity contribution in [3.63, 3.8) is 0 Å². The van der Waals surface area contributed by atoms with Crippen LogP contribution in [0.25, 0.3) is 0 Å². The molecule has 0 heterocycles. The van der Waals surface area contributed by atoms with Gasteiger partial charge in [0.25, 0.3) is 0 Å². The number of aliphatic imine (C=N–C) groups is 1.